The van der Waals surface area contributed by atoms with Gasteiger partial charge in [-0.15, -0.1) is 0 Å². The highest BCUT2D eigenvalue weighted by Gasteiger charge is 2.11. The molecule has 0 aliphatic heterocycles. The van der Waals surface area contributed by atoms with Crippen molar-refractivity contribution in [1.82, 2.24) is 0 Å². The van der Waals surface area contributed by atoms with Gasteiger partial charge in [0.05, 0.1) is 21.3 Å². The number of hydrogen-bond donors (Lipinski definition) is 1. The van der Waals surface area contributed by atoms with Crippen LogP contribution in [0.3, 0.4) is 0 Å². The maximum atomic E-state index is 11.2. The normalized spacial score (nSPS) is 11.0. The van der Waals surface area contributed by atoms with E-state index < -0.39 is 5.97 Å². The third kappa shape index (κ3) is 3.83. The minimum Gasteiger partial charge on any atom is -0.497 e. The molecule has 23 heavy (non-hydrogen) atoms. The first-order chi connectivity index (χ1) is 11.1. The number of ether oxygens (including phenoxy) is 3. The van der Waals surface area contributed by atoms with E-state index in [0.29, 0.717) is 22.8 Å². The number of benzene rings is 2. The molecule has 2 rings (SSSR count). The van der Waals surface area contributed by atoms with Crippen LogP contribution in [0.1, 0.15) is 11.1 Å². The van der Waals surface area contributed by atoms with Crippen LogP contribution in [0.2, 0.25) is 0 Å². The number of aliphatic carboxylic acids is 1. The summed E-state index contributed by atoms with van der Waals surface area (Å²) in [6.45, 7) is 0. The maximum absolute atomic E-state index is 11.2. The van der Waals surface area contributed by atoms with E-state index in [1.165, 1.54) is 13.2 Å². The highest BCUT2D eigenvalue weighted by Crippen LogP contribution is 2.33. The predicted octanol–water partition coefficient (Wildman–Crippen LogP) is 3.23. The van der Waals surface area contributed by atoms with Crippen LogP contribution in [-0.2, 0) is 4.79 Å². The molecule has 0 heterocycles. The largest absolute Gasteiger partial charge is 0.497 e. The first-order valence-electron chi connectivity index (χ1n) is 6.90. The second-order valence-electron chi connectivity index (χ2n) is 4.69. The lowest BCUT2D eigenvalue weighted by Crippen LogP contribution is -1.97. The fraction of sp³-hybridized carbons (Fsp3) is 0.167. The molecule has 0 aliphatic carbocycles. The van der Waals surface area contributed by atoms with E-state index in [-0.39, 0.29) is 0 Å². The van der Waals surface area contributed by atoms with E-state index >= 15 is 0 Å². The Morgan fingerprint density at radius 2 is 1.48 bits per heavy atom. The van der Waals surface area contributed by atoms with E-state index in [9.17, 15) is 9.90 Å². The van der Waals surface area contributed by atoms with Crippen LogP contribution in [-0.4, -0.2) is 32.4 Å². The molecular formula is C18H18O5. The molecule has 5 heteroatoms. The van der Waals surface area contributed by atoms with E-state index in [0.717, 1.165) is 11.1 Å². The van der Waals surface area contributed by atoms with Crippen molar-refractivity contribution in [2.24, 2.45) is 0 Å². The summed E-state index contributed by atoms with van der Waals surface area (Å²) in [7, 11) is 4.67. The van der Waals surface area contributed by atoms with Crippen molar-refractivity contribution in [2.45, 2.75) is 0 Å². The number of methoxy groups -OCH3 is 3. The van der Waals surface area contributed by atoms with Gasteiger partial charge >= 0.3 is 5.97 Å². The molecule has 0 saturated heterocycles. The van der Waals surface area contributed by atoms with Crippen molar-refractivity contribution >= 4 is 11.5 Å². The molecule has 0 aromatic heterocycles. The monoisotopic (exact) mass is 314 g/mol. The van der Waals surface area contributed by atoms with Gasteiger partial charge in [-0.05, 0) is 41.0 Å². The lowest BCUT2D eigenvalue weighted by atomic mass is 9.97. The number of rotatable bonds is 6. The van der Waals surface area contributed by atoms with Crippen LogP contribution in [0, 0.1) is 0 Å². The van der Waals surface area contributed by atoms with Gasteiger partial charge in [0.15, 0.2) is 11.5 Å². The molecule has 0 unspecified atom stereocenters. The van der Waals surface area contributed by atoms with Crippen molar-refractivity contribution < 1.29 is 24.1 Å². The minimum atomic E-state index is -1.02. The number of carboxylic acid groups (broad SMARTS) is 1. The molecule has 2 aromatic rings. The number of carboxylic acids is 1. The van der Waals surface area contributed by atoms with Crippen LogP contribution >= 0.6 is 0 Å². The average Bonchev–Trinajstić information content (AvgIpc) is 2.59. The smallest absolute Gasteiger partial charge is 0.328 e. The van der Waals surface area contributed by atoms with Gasteiger partial charge in [0.25, 0.3) is 0 Å². The Bertz CT molecular complexity index is 717. The summed E-state index contributed by atoms with van der Waals surface area (Å²) in [5, 5.41) is 9.18. The number of carbonyl (C=O) groups is 1. The Morgan fingerprint density at radius 3 is 2.00 bits per heavy atom. The molecule has 0 bridgehead atoms. The van der Waals surface area contributed by atoms with Crippen molar-refractivity contribution in [3.8, 4) is 17.2 Å². The van der Waals surface area contributed by atoms with Gasteiger partial charge in [-0.3, -0.25) is 0 Å². The summed E-state index contributed by atoms with van der Waals surface area (Å²) >= 11 is 0. The van der Waals surface area contributed by atoms with E-state index in [1.54, 1.807) is 44.6 Å². The van der Waals surface area contributed by atoms with E-state index in [4.69, 9.17) is 14.2 Å². The zero-order chi connectivity index (χ0) is 16.8. The fourth-order valence-corrected chi connectivity index (χ4v) is 2.23. The quantitative estimate of drug-likeness (QED) is 0.829. The van der Waals surface area contributed by atoms with E-state index in [2.05, 4.69) is 0 Å². The standard InChI is InChI=1S/C18H18O5/c1-21-14-7-4-12(5-8-14)15(11-18(19)20)13-6-9-16(22-2)17(10-13)23-3/h4-11H,1-3H3,(H,19,20)/b15-11+. The molecule has 0 atom stereocenters. The average molecular weight is 314 g/mol. The van der Waals surface area contributed by atoms with Crippen LogP contribution in [0.4, 0.5) is 0 Å². The van der Waals surface area contributed by atoms with Crippen molar-refractivity contribution in [2.75, 3.05) is 21.3 Å². The first-order valence-corrected chi connectivity index (χ1v) is 6.90. The van der Waals surface area contributed by atoms with Crippen LogP contribution < -0.4 is 14.2 Å². The molecule has 0 saturated carbocycles. The molecular weight excluding hydrogens is 296 g/mol. The molecule has 5 nitrogen and oxygen atoms in total. The van der Waals surface area contributed by atoms with Gasteiger partial charge in [-0.1, -0.05) is 18.2 Å². The fourth-order valence-electron chi connectivity index (χ4n) is 2.23. The zero-order valence-corrected chi connectivity index (χ0v) is 13.2. The SMILES string of the molecule is COc1ccc(/C(=C\C(=O)O)c2ccc(OC)c(OC)c2)cc1. The third-order valence-electron chi connectivity index (χ3n) is 3.36. The zero-order valence-electron chi connectivity index (χ0n) is 13.2. The highest BCUT2D eigenvalue weighted by molar-refractivity contribution is 5.95. The molecule has 1 N–H and O–H groups in total. The summed E-state index contributed by atoms with van der Waals surface area (Å²) in [5.41, 5.74) is 2.05. The van der Waals surface area contributed by atoms with Crippen molar-refractivity contribution in [3.05, 3.63) is 59.7 Å². The molecule has 120 valence electrons. The number of hydrogen-bond acceptors (Lipinski definition) is 4. The topological polar surface area (TPSA) is 65.0 Å². The predicted molar refractivity (Wildman–Crippen MR) is 87.3 cm³/mol. The third-order valence-corrected chi connectivity index (χ3v) is 3.36. The van der Waals surface area contributed by atoms with Gasteiger partial charge < -0.3 is 19.3 Å². The van der Waals surface area contributed by atoms with Gasteiger partial charge in [0, 0.05) is 6.08 Å². The Labute approximate surface area is 134 Å². The van der Waals surface area contributed by atoms with Crippen LogP contribution in [0.15, 0.2) is 48.5 Å². The Kier molecular flexibility index (Phi) is 5.25. The van der Waals surface area contributed by atoms with E-state index in [1.807, 2.05) is 12.1 Å². The molecule has 0 amide bonds. The molecule has 0 fully saturated rings. The summed E-state index contributed by atoms with van der Waals surface area (Å²) in [6, 6.07) is 12.5. The Morgan fingerprint density at radius 1 is 0.870 bits per heavy atom. The van der Waals surface area contributed by atoms with Gasteiger partial charge in [0.2, 0.25) is 0 Å². The van der Waals surface area contributed by atoms with Gasteiger partial charge in [0.1, 0.15) is 5.75 Å². The lowest BCUT2D eigenvalue weighted by molar-refractivity contribution is -0.131. The second kappa shape index (κ2) is 7.35. The molecule has 2 aromatic carbocycles. The van der Waals surface area contributed by atoms with Crippen molar-refractivity contribution in [3.63, 3.8) is 0 Å². The summed E-state index contributed by atoms with van der Waals surface area (Å²) in [5.74, 6) is 0.803. The molecule has 0 radical (unpaired) electrons. The summed E-state index contributed by atoms with van der Waals surface area (Å²) in [6.07, 6.45) is 1.17. The Balaban J connectivity index is 2.53. The first kappa shape index (κ1) is 16.4. The summed E-state index contributed by atoms with van der Waals surface area (Å²) in [4.78, 5) is 11.2. The second-order valence-corrected chi connectivity index (χ2v) is 4.69. The van der Waals surface area contributed by atoms with Gasteiger partial charge in [-0.25, -0.2) is 4.79 Å². The van der Waals surface area contributed by atoms with Crippen LogP contribution in [0.25, 0.3) is 5.57 Å². The highest BCUT2D eigenvalue weighted by atomic mass is 16.5. The summed E-state index contributed by atoms with van der Waals surface area (Å²) < 4.78 is 15.6. The maximum Gasteiger partial charge on any atom is 0.328 e. The van der Waals surface area contributed by atoms with Crippen LogP contribution in [0.5, 0.6) is 17.2 Å². The van der Waals surface area contributed by atoms with Crippen molar-refractivity contribution in [1.29, 1.82) is 0 Å². The lowest BCUT2D eigenvalue weighted by Gasteiger charge is -2.12. The van der Waals surface area contributed by atoms with Gasteiger partial charge in [-0.2, -0.15) is 0 Å². The Hall–Kier alpha value is -2.95. The minimum absolute atomic E-state index is 0.537. The molecule has 0 spiro atoms. The molecule has 0 aliphatic rings.